The Morgan fingerprint density at radius 1 is 1.07 bits per heavy atom. The number of rotatable bonds is 8. The molecule has 1 heterocycles. The van der Waals surface area contributed by atoms with E-state index in [4.69, 9.17) is 4.74 Å². The predicted molar refractivity (Wildman–Crippen MR) is 107 cm³/mol. The molecule has 0 spiro atoms. The number of amides is 3. The van der Waals surface area contributed by atoms with E-state index >= 15 is 0 Å². The van der Waals surface area contributed by atoms with Crippen molar-refractivity contribution in [1.29, 1.82) is 0 Å². The third-order valence-corrected chi connectivity index (χ3v) is 4.52. The molecule has 1 aliphatic rings. The van der Waals surface area contributed by atoms with Gasteiger partial charge in [-0.05, 0) is 31.4 Å². The Morgan fingerprint density at radius 2 is 1.76 bits per heavy atom. The van der Waals surface area contributed by atoms with Crippen LogP contribution < -0.4 is 10.6 Å². The van der Waals surface area contributed by atoms with Crippen molar-refractivity contribution in [1.82, 2.24) is 15.5 Å². The van der Waals surface area contributed by atoms with Crippen LogP contribution in [0.1, 0.15) is 25.3 Å². The number of carbonyl (C=O) groups is 4. The van der Waals surface area contributed by atoms with Crippen LogP contribution in [0.25, 0.3) is 6.08 Å². The highest BCUT2D eigenvalue weighted by Gasteiger charge is 2.28. The highest BCUT2D eigenvalue weighted by Crippen LogP contribution is 2.19. The van der Waals surface area contributed by atoms with E-state index in [0.29, 0.717) is 32.5 Å². The first-order valence-corrected chi connectivity index (χ1v) is 9.71. The van der Waals surface area contributed by atoms with Crippen molar-refractivity contribution in [3.63, 3.8) is 0 Å². The summed E-state index contributed by atoms with van der Waals surface area (Å²) in [6.07, 6.45) is 4.28. The number of carbonyl (C=O) groups excluding carboxylic acids is 4. The van der Waals surface area contributed by atoms with E-state index in [9.17, 15) is 19.2 Å². The summed E-state index contributed by atoms with van der Waals surface area (Å²) in [4.78, 5) is 49.0. The SMILES string of the molecule is CCNC(=O)CNC(=O)COC(=O)C1CCN(C(=O)/C=C/c2ccccc2)CC1. The topological polar surface area (TPSA) is 105 Å². The predicted octanol–water partition coefficient (Wildman–Crippen LogP) is 0.734. The van der Waals surface area contributed by atoms with E-state index < -0.39 is 18.5 Å². The molecule has 0 aromatic heterocycles. The molecular formula is C21H27N3O5. The molecule has 0 bridgehead atoms. The first-order valence-electron chi connectivity index (χ1n) is 9.71. The third kappa shape index (κ3) is 7.77. The minimum Gasteiger partial charge on any atom is -0.455 e. The van der Waals surface area contributed by atoms with E-state index in [1.807, 2.05) is 30.3 Å². The van der Waals surface area contributed by atoms with Crippen LogP contribution in [0.3, 0.4) is 0 Å². The van der Waals surface area contributed by atoms with Gasteiger partial charge >= 0.3 is 5.97 Å². The van der Waals surface area contributed by atoms with Gasteiger partial charge in [0.05, 0.1) is 12.5 Å². The molecule has 2 N–H and O–H groups in total. The zero-order valence-corrected chi connectivity index (χ0v) is 16.6. The summed E-state index contributed by atoms with van der Waals surface area (Å²) in [5, 5.41) is 4.94. The Labute approximate surface area is 170 Å². The first-order chi connectivity index (χ1) is 14.0. The normalized spacial score (nSPS) is 14.4. The standard InChI is InChI=1S/C21H27N3O5/c1-2-22-18(25)14-23-19(26)15-29-21(28)17-10-12-24(13-11-17)20(27)9-8-16-6-4-3-5-7-16/h3-9,17H,2,10-15H2,1H3,(H,22,25)(H,23,26)/b9-8+. The number of benzene rings is 1. The summed E-state index contributed by atoms with van der Waals surface area (Å²) >= 11 is 0. The lowest BCUT2D eigenvalue weighted by Gasteiger charge is -2.30. The number of likely N-dealkylation sites (tertiary alicyclic amines) is 1. The van der Waals surface area contributed by atoms with E-state index in [1.54, 1.807) is 17.9 Å². The Hall–Kier alpha value is -3.16. The second-order valence-corrected chi connectivity index (χ2v) is 6.68. The molecule has 2 rings (SSSR count). The minimum absolute atomic E-state index is 0.0922. The molecule has 29 heavy (non-hydrogen) atoms. The van der Waals surface area contributed by atoms with E-state index in [-0.39, 0.29) is 24.3 Å². The summed E-state index contributed by atoms with van der Waals surface area (Å²) < 4.78 is 5.04. The van der Waals surface area contributed by atoms with Gasteiger partial charge in [-0.3, -0.25) is 19.2 Å². The van der Waals surface area contributed by atoms with E-state index in [2.05, 4.69) is 10.6 Å². The molecule has 0 atom stereocenters. The molecule has 1 aromatic rings. The molecule has 1 aliphatic heterocycles. The number of esters is 1. The zero-order valence-electron chi connectivity index (χ0n) is 16.6. The van der Waals surface area contributed by atoms with Gasteiger partial charge in [-0.25, -0.2) is 0 Å². The average Bonchev–Trinajstić information content (AvgIpc) is 2.75. The summed E-state index contributed by atoms with van der Waals surface area (Å²) in [5.41, 5.74) is 0.949. The van der Waals surface area contributed by atoms with Crippen molar-refractivity contribution >= 4 is 29.8 Å². The lowest BCUT2D eigenvalue weighted by Crippen LogP contribution is -2.41. The fraction of sp³-hybridized carbons (Fsp3) is 0.429. The van der Waals surface area contributed by atoms with Crippen molar-refractivity contribution in [2.24, 2.45) is 5.92 Å². The van der Waals surface area contributed by atoms with Gasteiger partial charge in [0.2, 0.25) is 11.8 Å². The number of likely N-dealkylation sites (N-methyl/N-ethyl adjacent to an activating group) is 1. The Balaban J connectivity index is 1.68. The molecule has 8 nitrogen and oxygen atoms in total. The largest absolute Gasteiger partial charge is 0.455 e. The first kappa shape index (κ1) is 22.1. The molecule has 8 heteroatoms. The van der Waals surface area contributed by atoms with Crippen LogP contribution in [0, 0.1) is 5.92 Å². The molecule has 0 radical (unpaired) electrons. The number of nitrogens with one attached hydrogen (secondary N) is 2. The van der Waals surface area contributed by atoms with Crippen molar-refractivity contribution < 1.29 is 23.9 Å². The summed E-state index contributed by atoms with van der Waals surface area (Å²) in [6.45, 7) is 2.60. The molecule has 0 unspecified atom stereocenters. The smallest absolute Gasteiger partial charge is 0.309 e. The van der Waals surface area contributed by atoms with Gasteiger partial charge in [0.1, 0.15) is 0 Å². The lowest BCUT2D eigenvalue weighted by molar-refractivity contribution is -0.154. The van der Waals surface area contributed by atoms with Gasteiger partial charge in [0.15, 0.2) is 6.61 Å². The van der Waals surface area contributed by atoms with Gasteiger partial charge in [0, 0.05) is 25.7 Å². The van der Waals surface area contributed by atoms with Crippen LogP contribution in [-0.4, -0.2) is 61.4 Å². The van der Waals surface area contributed by atoms with Crippen LogP contribution in [0.15, 0.2) is 36.4 Å². The van der Waals surface area contributed by atoms with Gasteiger partial charge < -0.3 is 20.3 Å². The number of piperidine rings is 1. The Bertz CT molecular complexity index is 740. The van der Waals surface area contributed by atoms with Gasteiger partial charge in [-0.2, -0.15) is 0 Å². The lowest BCUT2D eigenvalue weighted by atomic mass is 9.97. The van der Waals surface area contributed by atoms with E-state index in [0.717, 1.165) is 5.56 Å². The fourth-order valence-electron chi connectivity index (χ4n) is 2.92. The Morgan fingerprint density at radius 3 is 2.41 bits per heavy atom. The molecule has 0 saturated carbocycles. The minimum atomic E-state index is -0.525. The molecule has 1 aromatic carbocycles. The second kappa shape index (κ2) is 11.6. The van der Waals surface area contributed by atoms with Crippen molar-refractivity contribution in [2.45, 2.75) is 19.8 Å². The van der Waals surface area contributed by atoms with Crippen LogP contribution in [0.5, 0.6) is 0 Å². The summed E-state index contributed by atoms with van der Waals surface area (Å²) in [7, 11) is 0. The van der Waals surface area contributed by atoms with E-state index in [1.165, 1.54) is 6.08 Å². The maximum absolute atomic E-state index is 12.3. The highest BCUT2D eigenvalue weighted by molar-refractivity contribution is 5.92. The number of ether oxygens (including phenoxy) is 1. The third-order valence-electron chi connectivity index (χ3n) is 4.52. The quantitative estimate of drug-likeness (QED) is 0.494. The maximum atomic E-state index is 12.3. The van der Waals surface area contributed by atoms with Crippen LogP contribution in [0.4, 0.5) is 0 Å². The van der Waals surface area contributed by atoms with Crippen molar-refractivity contribution in [3.8, 4) is 0 Å². The number of nitrogens with zero attached hydrogens (tertiary/aromatic N) is 1. The molecule has 1 saturated heterocycles. The van der Waals surface area contributed by atoms with Crippen molar-refractivity contribution in [3.05, 3.63) is 42.0 Å². The zero-order chi connectivity index (χ0) is 21.1. The van der Waals surface area contributed by atoms with Crippen LogP contribution in [0.2, 0.25) is 0 Å². The summed E-state index contributed by atoms with van der Waals surface area (Å²) in [6, 6.07) is 9.55. The summed E-state index contributed by atoms with van der Waals surface area (Å²) in [5.74, 6) is -1.71. The van der Waals surface area contributed by atoms with Crippen molar-refractivity contribution in [2.75, 3.05) is 32.8 Å². The average molecular weight is 401 g/mol. The molecule has 1 fully saturated rings. The monoisotopic (exact) mass is 401 g/mol. The van der Waals surface area contributed by atoms with Gasteiger partial charge in [-0.15, -0.1) is 0 Å². The number of hydrogen-bond acceptors (Lipinski definition) is 5. The molecule has 3 amide bonds. The molecule has 156 valence electrons. The fourth-order valence-corrected chi connectivity index (χ4v) is 2.92. The molecular weight excluding hydrogens is 374 g/mol. The number of hydrogen-bond donors (Lipinski definition) is 2. The highest BCUT2D eigenvalue weighted by atomic mass is 16.5. The van der Waals surface area contributed by atoms with Gasteiger partial charge in [0.25, 0.3) is 5.91 Å². The van der Waals surface area contributed by atoms with Crippen LogP contribution >= 0.6 is 0 Å². The van der Waals surface area contributed by atoms with Crippen LogP contribution in [-0.2, 0) is 23.9 Å². The molecule has 0 aliphatic carbocycles. The second-order valence-electron chi connectivity index (χ2n) is 6.68. The van der Waals surface area contributed by atoms with Gasteiger partial charge in [-0.1, -0.05) is 30.3 Å². The maximum Gasteiger partial charge on any atom is 0.309 e. The Kier molecular flexibility index (Phi) is 8.88.